The van der Waals surface area contributed by atoms with Gasteiger partial charge in [-0.2, -0.15) is 0 Å². The maximum Gasteiger partial charge on any atom is 0.163 e. The van der Waals surface area contributed by atoms with E-state index in [1.807, 2.05) is 6.92 Å². The van der Waals surface area contributed by atoms with E-state index in [0.29, 0.717) is 12.0 Å². The molecule has 1 rings (SSSR count). The van der Waals surface area contributed by atoms with E-state index in [0.717, 1.165) is 12.5 Å². The molecule has 0 radical (unpaired) electrons. The molecule has 0 spiro atoms. The second-order valence-electron chi connectivity index (χ2n) is 4.15. The SMILES string of the molecule is CCC(CCO)NC(C)c1cccc(F)c1F. The van der Waals surface area contributed by atoms with E-state index in [1.165, 1.54) is 6.07 Å². The minimum atomic E-state index is -0.827. The van der Waals surface area contributed by atoms with Crippen molar-refractivity contribution in [2.45, 2.75) is 38.8 Å². The molecular weight excluding hydrogens is 224 g/mol. The van der Waals surface area contributed by atoms with E-state index in [1.54, 1.807) is 13.0 Å². The molecule has 0 saturated carbocycles. The molecule has 0 amide bonds. The van der Waals surface area contributed by atoms with Crippen molar-refractivity contribution in [3.05, 3.63) is 35.4 Å². The third kappa shape index (κ3) is 3.75. The number of rotatable bonds is 6. The lowest BCUT2D eigenvalue weighted by Crippen LogP contribution is -2.32. The van der Waals surface area contributed by atoms with E-state index in [2.05, 4.69) is 5.32 Å². The number of benzene rings is 1. The van der Waals surface area contributed by atoms with Gasteiger partial charge in [-0.05, 0) is 25.8 Å². The normalized spacial score (nSPS) is 14.6. The first-order valence-corrected chi connectivity index (χ1v) is 5.91. The number of hydrogen-bond acceptors (Lipinski definition) is 2. The van der Waals surface area contributed by atoms with Crippen LogP contribution in [0, 0.1) is 11.6 Å². The summed E-state index contributed by atoms with van der Waals surface area (Å²) in [5, 5.41) is 12.1. The molecule has 0 heterocycles. The molecular formula is C13H19F2NO. The van der Waals surface area contributed by atoms with Gasteiger partial charge in [-0.3, -0.25) is 0 Å². The molecule has 0 aliphatic carbocycles. The van der Waals surface area contributed by atoms with Crippen molar-refractivity contribution in [1.29, 1.82) is 0 Å². The molecule has 2 unspecified atom stereocenters. The molecule has 2 atom stereocenters. The highest BCUT2D eigenvalue weighted by atomic mass is 19.2. The van der Waals surface area contributed by atoms with Crippen molar-refractivity contribution < 1.29 is 13.9 Å². The lowest BCUT2D eigenvalue weighted by molar-refractivity contribution is 0.256. The van der Waals surface area contributed by atoms with Gasteiger partial charge < -0.3 is 10.4 Å². The molecule has 0 bridgehead atoms. The Morgan fingerprint density at radius 3 is 2.65 bits per heavy atom. The first kappa shape index (κ1) is 14.1. The Labute approximate surface area is 101 Å². The number of hydrogen-bond donors (Lipinski definition) is 2. The van der Waals surface area contributed by atoms with Crippen LogP contribution in [0.4, 0.5) is 8.78 Å². The second kappa shape index (κ2) is 6.67. The molecule has 2 nitrogen and oxygen atoms in total. The van der Waals surface area contributed by atoms with E-state index in [9.17, 15) is 8.78 Å². The van der Waals surface area contributed by atoms with Crippen LogP contribution in [-0.4, -0.2) is 17.8 Å². The van der Waals surface area contributed by atoms with Crippen LogP contribution < -0.4 is 5.32 Å². The molecule has 1 aromatic rings. The lowest BCUT2D eigenvalue weighted by atomic mass is 10.0. The highest BCUT2D eigenvalue weighted by molar-refractivity contribution is 5.22. The van der Waals surface area contributed by atoms with E-state index in [4.69, 9.17) is 5.11 Å². The fourth-order valence-electron chi connectivity index (χ4n) is 1.86. The molecule has 0 aliphatic rings. The van der Waals surface area contributed by atoms with Gasteiger partial charge in [0.1, 0.15) is 0 Å². The average molecular weight is 243 g/mol. The summed E-state index contributed by atoms with van der Waals surface area (Å²) >= 11 is 0. The third-order valence-corrected chi connectivity index (χ3v) is 2.90. The Morgan fingerprint density at radius 2 is 2.06 bits per heavy atom. The van der Waals surface area contributed by atoms with Crippen LogP contribution in [0.15, 0.2) is 18.2 Å². The largest absolute Gasteiger partial charge is 0.396 e. The first-order valence-electron chi connectivity index (χ1n) is 5.91. The number of nitrogens with one attached hydrogen (secondary N) is 1. The fraction of sp³-hybridized carbons (Fsp3) is 0.538. The van der Waals surface area contributed by atoms with Gasteiger partial charge in [0.15, 0.2) is 11.6 Å². The van der Waals surface area contributed by atoms with E-state index < -0.39 is 11.6 Å². The maximum atomic E-state index is 13.5. The molecule has 0 fully saturated rings. The van der Waals surface area contributed by atoms with Crippen molar-refractivity contribution in [3.63, 3.8) is 0 Å². The van der Waals surface area contributed by atoms with Gasteiger partial charge in [-0.1, -0.05) is 19.1 Å². The Bertz CT molecular complexity index is 357. The summed E-state index contributed by atoms with van der Waals surface area (Å²) in [6, 6.07) is 4.01. The van der Waals surface area contributed by atoms with Gasteiger partial charge in [-0.25, -0.2) is 8.78 Å². The Hall–Kier alpha value is -1.00. The Balaban J connectivity index is 2.75. The Morgan fingerprint density at radius 1 is 1.35 bits per heavy atom. The van der Waals surface area contributed by atoms with Gasteiger partial charge in [0.05, 0.1) is 0 Å². The van der Waals surface area contributed by atoms with Crippen LogP contribution in [0.25, 0.3) is 0 Å². The van der Waals surface area contributed by atoms with E-state index in [-0.39, 0.29) is 18.7 Å². The van der Waals surface area contributed by atoms with Gasteiger partial charge in [-0.15, -0.1) is 0 Å². The van der Waals surface area contributed by atoms with Crippen molar-refractivity contribution in [3.8, 4) is 0 Å². The van der Waals surface area contributed by atoms with Gasteiger partial charge in [0.25, 0.3) is 0 Å². The smallest absolute Gasteiger partial charge is 0.163 e. The second-order valence-corrected chi connectivity index (χ2v) is 4.15. The summed E-state index contributed by atoms with van der Waals surface area (Å²) in [5.41, 5.74) is 0.321. The highest BCUT2D eigenvalue weighted by Crippen LogP contribution is 2.20. The summed E-state index contributed by atoms with van der Waals surface area (Å²) in [5.74, 6) is -1.63. The zero-order valence-corrected chi connectivity index (χ0v) is 10.2. The monoisotopic (exact) mass is 243 g/mol. The number of aliphatic hydroxyl groups is 1. The molecule has 0 aromatic heterocycles. The molecule has 1 aromatic carbocycles. The van der Waals surface area contributed by atoms with E-state index >= 15 is 0 Å². The van der Waals surface area contributed by atoms with Crippen molar-refractivity contribution in [2.24, 2.45) is 0 Å². The zero-order chi connectivity index (χ0) is 12.8. The maximum absolute atomic E-state index is 13.5. The summed E-state index contributed by atoms with van der Waals surface area (Å²) in [6.07, 6.45) is 1.44. The molecule has 17 heavy (non-hydrogen) atoms. The molecule has 96 valence electrons. The predicted octanol–water partition coefficient (Wildman–Crippen LogP) is 2.78. The van der Waals surface area contributed by atoms with Crippen LogP contribution in [0.1, 0.15) is 38.3 Å². The minimum Gasteiger partial charge on any atom is -0.396 e. The zero-order valence-electron chi connectivity index (χ0n) is 10.2. The van der Waals surface area contributed by atoms with Crippen molar-refractivity contribution >= 4 is 0 Å². The van der Waals surface area contributed by atoms with Gasteiger partial charge in [0, 0.05) is 24.3 Å². The standard InChI is InChI=1S/C13H19F2NO/c1-3-10(7-8-17)16-9(2)11-5-4-6-12(14)13(11)15/h4-6,9-10,16-17H,3,7-8H2,1-2H3. The van der Waals surface area contributed by atoms with Crippen LogP contribution in [-0.2, 0) is 0 Å². The predicted molar refractivity (Wildman–Crippen MR) is 63.7 cm³/mol. The van der Waals surface area contributed by atoms with Crippen LogP contribution >= 0.6 is 0 Å². The summed E-state index contributed by atoms with van der Waals surface area (Å²) in [6.45, 7) is 3.86. The topological polar surface area (TPSA) is 32.3 Å². The fourth-order valence-corrected chi connectivity index (χ4v) is 1.86. The van der Waals surface area contributed by atoms with Crippen LogP contribution in [0.5, 0.6) is 0 Å². The van der Waals surface area contributed by atoms with Crippen molar-refractivity contribution in [2.75, 3.05) is 6.61 Å². The van der Waals surface area contributed by atoms with Crippen molar-refractivity contribution in [1.82, 2.24) is 5.32 Å². The summed E-state index contributed by atoms with van der Waals surface area (Å²) in [4.78, 5) is 0. The molecule has 0 aliphatic heterocycles. The number of aliphatic hydroxyl groups excluding tert-OH is 1. The first-order chi connectivity index (χ1) is 8.10. The number of halogens is 2. The van der Waals surface area contributed by atoms with Crippen LogP contribution in [0.3, 0.4) is 0 Å². The quantitative estimate of drug-likeness (QED) is 0.805. The highest BCUT2D eigenvalue weighted by Gasteiger charge is 2.16. The Kier molecular flexibility index (Phi) is 5.51. The molecule has 2 N–H and O–H groups in total. The molecule has 0 saturated heterocycles. The van der Waals surface area contributed by atoms with Gasteiger partial charge >= 0.3 is 0 Å². The summed E-state index contributed by atoms with van der Waals surface area (Å²) < 4.78 is 26.6. The lowest BCUT2D eigenvalue weighted by Gasteiger charge is -2.22. The average Bonchev–Trinajstić information content (AvgIpc) is 2.31. The molecule has 4 heteroatoms. The third-order valence-electron chi connectivity index (χ3n) is 2.90. The minimum absolute atomic E-state index is 0.0872. The summed E-state index contributed by atoms with van der Waals surface area (Å²) in [7, 11) is 0. The van der Waals surface area contributed by atoms with Gasteiger partial charge in [0.2, 0.25) is 0 Å². The van der Waals surface area contributed by atoms with Crippen LogP contribution in [0.2, 0.25) is 0 Å².